The maximum Gasteiger partial charge on any atom is 0.301 e. The molecule has 4 aromatic carbocycles. The van der Waals surface area contributed by atoms with Crippen LogP contribution in [0.25, 0.3) is 16.0 Å². The van der Waals surface area contributed by atoms with E-state index in [1.54, 1.807) is 24.3 Å². The first-order valence-corrected chi connectivity index (χ1v) is 14.4. The lowest BCUT2D eigenvalue weighted by molar-refractivity contribution is -0.132. The van der Waals surface area contributed by atoms with Crippen LogP contribution in [-0.4, -0.2) is 28.9 Å². The number of Topliss-reactive ketones (excluding diaryl/α,β-unsaturated/α-hetero) is 1. The minimum absolute atomic E-state index is 0.0795. The molecule has 1 amide bonds. The maximum absolute atomic E-state index is 14.0. The van der Waals surface area contributed by atoms with E-state index >= 15 is 0 Å². The predicted octanol–water partition coefficient (Wildman–Crippen LogP) is 7.27. The Kier molecular flexibility index (Phi) is 7.41. The molecule has 1 fully saturated rings. The van der Waals surface area contributed by atoms with E-state index in [4.69, 9.17) is 9.47 Å². The third-order valence-electron chi connectivity index (χ3n) is 7.38. The zero-order chi connectivity index (χ0) is 30.2. The fourth-order valence-electron chi connectivity index (χ4n) is 5.18. The van der Waals surface area contributed by atoms with Gasteiger partial charge in [-0.25, -0.2) is 9.37 Å². The normalized spacial score (nSPS) is 16.2. The van der Waals surface area contributed by atoms with Crippen LogP contribution in [-0.2, 0) is 16.2 Å². The first-order valence-electron chi connectivity index (χ1n) is 13.5. The number of ketones is 1. The van der Waals surface area contributed by atoms with E-state index in [1.165, 1.54) is 30.2 Å². The molecular formula is C34H27FN2O5S. The van der Waals surface area contributed by atoms with Crippen LogP contribution in [0.2, 0.25) is 0 Å². The monoisotopic (exact) mass is 594 g/mol. The molecule has 2 heterocycles. The van der Waals surface area contributed by atoms with E-state index in [-0.39, 0.29) is 16.5 Å². The smallest absolute Gasteiger partial charge is 0.301 e. The molecule has 1 unspecified atom stereocenters. The summed E-state index contributed by atoms with van der Waals surface area (Å²) < 4.78 is 26.2. The molecule has 5 aromatic rings. The standard InChI is InChI=1S/C34H27FN2O5S/c1-19-9-10-20(2)24(15-19)31(38)29-30(22-11-14-26(27(16-22)41-3)42-18-21-7-5-4-6-8-21)37(33(40)32(29)39)34-36-25-13-12-23(35)17-28(25)43-34/h4-17,30,38H,18H2,1-3H3/b31-29+. The number of fused-ring (bicyclic) bond motifs is 1. The number of rotatable bonds is 7. The molecule has 1 atom stereocenters. The highest BCUT2D eigenvalue weighted by molar-refractivity contribution is 7.22. The van der Waals surface area contributed by atoms with E-state index < -0.39 is 23.5 Å². The van der Waals surface area contributed by atoms with Gasteiger partial charge in [0.25, 0.3) is 5.78 Å². The van der Waals surface area contributed by atoms with E-state index in [9.17, 15) is 19.1 Å². The quantitative estimate of drug-likeness (QED) is 0.121. The fraction of sp³-hybridized carbons (Fsp3) is 0.147. The van der Waals surface area contributed by atoms with Gasteiger partial charge >= 0.3 is 5.91 Å². The molecule has 0 saturated carbocycles. The summed E-state index contributed by atoms with van der Waals surface area (Å²) in [6.07, 6.45) is 0. The van der Waals surface area contributed by atoms with Gasteiger partial charge in [0.05, 0.1) is 28.9 Å². The van der Waals surface area contributed by atoms with E-state index in [0.29, 0.717) is 39.4 Å². The summed E-state index contributed by atoms with van der Waals surface area (Å²) in [4.78, 5) is 33.2. The summed E-state index contributed by atoms with van der Waals surface area (Å²) in [6.45, 7) is 4.01. The van der Waals surface area contributed by atoms with Crippen LogP contribution < -0.4 is 14.4 Å². The van der Waals surface area contributed by atoms with Crippen molar-refractivity contribution in [1.82, 2.24) is 4.98 Å². The van der Waals surface area contributed by atoms with Gasteiger partial charge in [0.15, 0.2) is 16.6 Å². The van der Waals surface area contributed by atoms with Gasteiger partial charge in [-0.05, 0) is 66.9 Å². The lowest BCUT2D eigenvalue weighted by Gasteiger charge is -2.24. The molecule has 1 aliphatic rings. The van der Waals surface area contributed by atoms with E-state index in [0.717, 1.165) is 28.0 Å². The molecule has 1 N–H and O–H groups in total. The predicted molar refractivity (Wildman–Crippen MR) is 164 cm³/mol. The average molecular weight is 595 g/mol. The van der Waals surface area contributed by atoms with Gasteiger partial charge in [-0.1, -0.05) is 65.4 Å². The van der Waals surface area contributed by atoms with Crippen molar-refractivity contribution in [2.24, 2.45) is 0 Å². The number of aromatic nitrogens is 1. The van der Waals surface area contributed by atoms with E-state index in [2.05, 4.69) is 4.98 Å². The van der Waals surface area contributed by atoms with Gasteiger partial charge in [-0.2, -0.15) is 0 Å². The average Bonchev–Trinajstić information content (AvgIpc) is 3.54. The Morgan fingerprint density at radius 1 is 0.977 bits per heavy atom. The van der Waals surface area contributed by atoms with Crippen LogP contribution in [0.3, 0.4) is 0 Å². The number of aliphatic hydroxyl groups excluding tert-OH is 1. The molecule has 0 aliphatic carbocycles. The number of aliphatic hydroxyl groups is 1. The van der Waals surface area contributed by atoms with Crippen molar-refractivity contribution in [1.29, 1.82) is 0 Å². The Bertz CT molecular complexity index is 1920. The number of anilines is 1. The summed E-state index contributed by atoms with van der Waals surface area (Å²) in [6, 6.07) is 23.4. The van der Waals surface area contributed by atoms with Crippen molar-refractivity contribution in [3.63, 3.8) is 0 Å². The SMILES string of the molecule is COc1cc(C2/C(=C(\O)c3cc(C)ccc3C)C(=O)C(=O)N2c2nc3ccc(F)cc3s2)ccc1OCc1ccccc1. The molecule has 9 heteroatoms. The molecule has 1 aliphatic heterocycles. The van der Waals surface area contributed by atoms with Gasteiger partial charge < -0.3 is 14.6 Å². The molecule has 7 nitrogen and oxygen atoms in total. The highest BCUT2D eigenvalue weighted by Crippen LogP contribution is 2.46. The van der Waals surface area contributed by atoms with Crippen LogP contribution in [0, 0.1) is 19.7 Å². The molecule has 0 radical (unpaired) electrons. The summed E-state index contributed by atoms with van der Waals surface area (Å²) >= 11 is 1.09. The van der Waals surface area contributed by atoms with Crippen LogP contribution in [0.1, 0.15) is 33.9 Å². The Hall–Kier alpha value is -5.02. The minimum Gasteiger partial charge on any atom is -0.507 e. The number of aryl methyl sites for hydroxylation is 2. The van der Waals surface area contributed by atoms with Crippen molar-refractivity contribution in [2.45, 2.75) is 26.5 Å². The topological polar surface area (TPSA) is 89.0 Å². The lowest BCUT2D eigenvalue weighted by atomic mass is 9.93. The number of thiazole rings is 1. The number of benzene rings is 4. The second-order valence-electron chi connectivity index (χ2n) is 10.3. The molecule has 0 spiro atoms. The highest BCUT2D eigenvalue weighted by Gasteiger charge is 2.48. The van der Waals surface area contributed by atoms with Crippen molar-refractivity contribution in [2.75, 3.05) is 12.0 Å². The van der Waals surface area contributed by atoms with Crippen LogP contribution in [0.4, 0.5) is 9.52 Å². The van der Waals surface area contributed by atoms with E-state index in [1.807, 2.05) is 56.3 Å². The second kappa shape index (κ2) is 11.3. The van der Waals surface area contributed by atoms with Crippen molar-refractivity contribution < 1.29 is 28.6 Å². The molecule has 0 bridgehead atoms. The Labute approximate surface area is 251 Å². The summed E-state index contributed by atoms with van der Waals surface area (Å²) in [7, 11) is 1.50. The maximum atomic E-state index is 14.0. The molecule has 43 heavy (non-hydrogen) atoms. The van der Waals surface area contributed by atoms with Gasteiger partial charge in [-0.3, -0.25) is 14.5 Å². The number of amides is 1. The first kappa shape index (κ1) is 28.1. The zero-order valence-corrected chi connectivity index (χ0v) is 24.4. The number of carbonyl (C=O) groups is 2. The lowest BCUT2D eigenvalue weighted by Crippen LogP contribution is -2.29. The zero-order valence-electron chi connectivity index (χ0n) is 23.6. The van der Waals surface area contributed by atoms with Crippen LogP contribution in [0.5, 0.6) is 11.5 Å². The highest BCUT2D eigenvalue weighted by atomic mass is 32.1. The number of hydrogen-bond donors (Lipinski definition) is 1. The molecule has 216 valence electrons. The van der Waals surface area contributed by atoms with Crippen LogP contribution in [0.15, 0.2) is 90.5 Å². The summed E-state index contributed by atoms with van der Waals surface area (Å²) in [5.41, 5.74) is 3.95. The number of carbonyl (C=O) groups excluding carboxylic acids is 2. The van der Waals surface area contributed by atoms with Gasteiger partial charge in [0.1, 0.15) is 18.2 Å². The number of methoxy groups -OCH3 is 1. The Morgan fingerprint density at radius 2 is 1.77 bits per heavy atom. The molecule has 1 aromatic heterocycles. The third kappa shape index (κ3) is 5.23. The van der Waals surface area contributed by atoms with Gasteiger partial charge in [-0.15, -0.1) is 0 Å². The Morgan fingerprint density at radius 3 is 2.53 bits per heavy atom. The largest absolute Gasteiger partial charge is 0.507 e. The van der Waals surface area contributed by atoms with Crippen molar-refractivity contribution in [3.05, 3.63) is 124 Å². The number of hydrogen-bond acceptors (Lipinski definition) is 7. The van der Waals surface area contributed by atoms with Crippen molar-refractivity contribution >= 4 is 44.1 Å². The van der Waals surface area contributed by atoms with Crippen molar-refractivity contribution in [3.8, 4) is 11.5 Å². The number of halogens is 1. The fourth-order valence-corrected chi connectivity index (χ4v) is 6.20. The molecule has 6 rings (SSSR count). The minimum atomic E-state index is -1.04. The molecular weight excluding hydrogens is 567 g/mol. The summed E-state index contributed by atoms with van der Waals surface area (Å²) in [5, 5.41) is 11.8. The van der Waals surface area contributed by atoms with Gasteiger partial charge in [0, 0.05) is 5.56 Å². The number of nitrogens with zero attached hydrogens (tertiary/aromatic N) is 2. The Balaban J connectivity index is 1.50. The van der Waals surface area contributed by atoms with Crippen LogP contribution >= 0.6 is 11.3 Å². The summed E-state index contributed by atoms with van der Waals surface area (Å²) in [5.74, 6) is -1.57. The second-order valence-corrected chi connectivity index (χ2v) is 11.3. The van der Waals surface area contributed by atoms with Gasteiger partial charge in [0.2, 0.25) is 0 Å². The third-order valence-corrected chi connectivity index (χ3v) is 8.40. The first-order chi connectivity index (χ1) is 20.7. The number of ether oxygens (including phenoxy) is 2. The molecule has 1 saturated heterocycles.